The lowest BCUT2D eigenvalue weighted by molar-refractivity contribution is 0.414. The summed E-state index contributed by atoms with van der Waals surface area (Å²) in [6, 6.07) is 6.22. The molecule has 2 rings (SSSR count). The summed E-state index contributed by atoms with van der Waals surface area (Å²) >= 11 is 1.41. The van der Waals surface area contributed by atoms with Crippen molar-refractivity contribution in [3.63, 3.8) is 0 Å². The highest BCUT2D eigenvalue weighted by atomic mass is 32.2. The van der Waals surface area contributed by atoms with Crippen LogP contribution in [-0.4, -0.2) is 33.0 Å². The topological polar surface area (TPSA) is 67.8 Å². The van der Waals surface area contributed by atoms with Crippen LogP contribution < -0.4 is 9.46 Å². The Morgan fingerprint density at radius 2 is 2.06 bits per heavy atom. The Balaban J connectivity index is 2.18. The maximum Gasteiger partial charge on any atom is 0.263 e. The molecule has 92 valence electrons. The van der Waals surface area contributed by atoms with Crippen molar-refractivity contribution >= 4 is 27.0 Å². The lowest BCUT2D eigenvalue weighted by Crippen LogP contribution is -2.27. The van der Waals surface area contributed by atoms with E-state index in [4.69, 9.17) is 4.74 Å². The van der Waals surface area contributed by atoms with Crippen LogP contribution in [0.2, 0.25) is 0 Å². The first kappa shape index (κ1) is 12.3. The molecule has 0 aromatic heterocycles. The van der Waals surface area contributed by atoms with Crippen LogP contribution in [0.4, 0.5) is 0 Å². The number of nitrogens with one attached hydrogen (secondary N) is 1. The van der Waals surface area contributed by atoms with Gasteiger partial charge in [0.1, 0.15) is 5.75 Å². The van der Waals surface area contributed by atoms with Gasteiger partial charge in [0.05, 0.1) is 18.6 Å². The van der Waals surface area contributed by atoms with E-state index in [9.17, 15) is 8.42 Å². The van der Waals surface area contributed by atoms with Crippen LogP contribution in [0.3, 0.4) is 0 Å². The molecule has 0 saturated heterocycles. The van der Waals surface area contributed by atoms with E-state index < -0.39 is 10.0 Å². The molecule has 1 aromatic rings. The van der Waals surface area contributed by atoms with Gasteiger partial charge < -0.3 is 4.74 Å². The van der Waals surface area contributed by atoms with Crippen LogP contribution in [0.1, 0.15) is 0 Å². The Morgan fingerprint density at radius 3 is 2.59 bits per heavy atom. The largest absolute Gasteiger partial charge is 0.497 e. The van der Waals surface area contributed by atoms with Gasteiger partial charge in [0.25, 0.3) is 10.0 Å². The molecule has 5 nitrogen and oxygen atoms in total. The van der Waals surface area contributed by atoms with Gasteiger partial charge in [-0.05, 0) is 24.3 Å². The second kappa shape index (κ2) is 4.97. The summed E-state index contributed by atoms with van der Waals surface area (Å²) in [4.78, 5) is 4.25. The first-order valence-corrected chi connectivity index (χ1v) is 7.43. The highest BCUT2D eigenvalue weighted by molar-refractivity contribution is 8.15. The predicted molar refractivity (Wildman–Crippen MR) is 68.1 cm³/mol. The number of thioether (sulfide) groups is 1. The van der Waals surface area contributed by atoms with Crippen LogP contribution in [-0.2, 0) is 10.0 Å². The number of rotatable bonds is 3. The molecular formula is C10H12N2O3S2. The predicted octanol–water partition coefficient (Wildman–Crippen LogP) is 1.08. The van der Waals surface area contributed by atoms with E-state index in [2.05, 4.69) is 9.71 Å². The standard InChI is InChI=1S/C10H12N2O3S2/c1-15-8-2-4-9(5-3-8)17(13,14)12-10-11-6-7-16-10/h2-5H,6-7H2,1H3,(H,11,12). The highest BCUT2D eigenvalue weighted by Gasteiger charge is 2.18. The summed E-state index contributed by atoms with van der Waals surface area (Å²) < 4.78 is 31.3. The number of methoxy groups -OCH3 is 1. The van der Waals surface area contributed by atoms with Gasteiger partial charge in [-0.15, -0.1) is 0 Å². The lowest BCUT2D eigenvalue weighted by atomic mass is 10.3. The number of benzene rings is 1. The van der Waals surface area contributed by atoms with Crippen LogP contribution in [0.25, 0.3) is 0 Å². The van der Waals surface area contributed by atoms with E-state index >= 15 is 0 Å². The molecule has 7 heteroatoms. The molecule has 0 spiro atoms. The van der Waals surface area contributed by atoms with Crippen LogP contribution >= 0.6 is 11.8 Å². The Morgan fingerprint density at radius 1 is 1.35 bits per heavy atom. The molecule has 0 amide bonds. The van der Waals surface area contributed by atoms with Gasteiger partial charge in [-0.3, -0.25) is 9.71 Å². The van der Waals surface area contributed by atoms with Crippen LogP contribution in [0, 0.1) is 0 Å². The monoisotopic (exact) mass is 272 g/mol. The van der Waals surface area contributed by atoms with Crippen molar-refractivity contribution < 1.29 is 13.2 Å². The molecular weight excluding hydrogens is 260 g/mol. The van der Waals surface area contributed by atoms with E-state index in [1.165, 1.54) is 31.0 Å². The van der Waals surface area contributed by atoms with Crippen LogP contribution in [0.5, 0.6) is 5.75 Å². The fraction of sp³-hybridized carbons (Fsp3) is 0.300. The minimum absolute atomic E-state index is 0.202. The molecule has 1 N–H and O–H groups in total. The summed E-state index contributed by atoms with van der Waals surface area (Å²) in [5.41, 5.74) is 0. The zero-order valence-electron chi connectivity index (χ0n) is 9.21. The van der Waals surface area contributed by atoms with Crippen molar-refractivity contribution in [2.24, 2.45) is 4.99 Å². The van der Waals surface area contributed by atoms with Crippen molar-refractivity contribution in [2.45, 2.75) is 4.90 Å². The van der Waals surface area contributed by atoms with Crippen molar-refractivity contribution in [1.82, 2.24) is 4.72 Å². The molecule has 1 heterocycles. The number of aliphatic imine (C=N–C) groups is 1. The molecule has 0 radical (unpaired) electrons. The Bertz CT molecular complexity index is 523. The van der Waals surface area contributed by atoms with Gasteiger partial charge in [-0.1, -0.05) is 11.8 Å². The molecule has 0 atom stereocenters. The van der Waals surface area contributed by atoms with E-state index in [0.29, 0.717) is 17.5 Å². The number of nitrogens with zero attached hydrogens (tertiary/aromatic N) is 1. The van der Waals surface area contributed by atoms with E-state index in [0.717, 1.165) is 5.75 Å². The summed E-state index contributed by atoms with van der Waals surface area (Å²) in [5, 5.41) is 0.459. The van der Waals surface area contributed by atoms with Gasteiger partial charge in [-0.2, -0.15) is 0 Å². The van der Waals surface area contributed by atoms with Gasteiger partial charge in [0.15, 0.2) is 5.17 Å². The minimum Gasteiger partial charge on any atom is -0.497 e. The number of hydrogen-bond acceptors (Lipinski definition) is 5. The zero-order valence-corrected chi connectivity index (χ0v) is 10.8. The number of sulfonamides is 1. The zero-order chi connectivity index (χ0) is 12.3. The summed E-state index contributed by atoms with van der Waals surface area (Å²) in [6.45, 7) is 0.658. The fourth-order valence-electron chi connectivity index (χ4n) is 1.33. The first-order valence-electron chi connectivity index (χ1n) is 4.96. The van der Waals surface area contributed by atoms with E-state index in [1.54, 1.807) is 12.1 Å². The van der Waals surface area contributed by atoms with Gasteiger partial charge in [-0.25, -0.2) is 8.42 Å². The Kier molecular flexibility index (Phi) is 3.58. The maximum atomic E-state index is 11.9. The summed E-state index contributed by atoms with van der Waals surface area (Å²) in [6.07, 6.45) is 0. The van der Waals surface area contributed by atoms with Crippen molar-refractivity contribution in [3.05, 3.63) is 24.3 Å². The normalized spacial score (nSPS) is 15.5. The minimum atomic E-state index is -3.53. The van der Waals surface area contributed by atoms with Gasteiger partial charge in [0, 0.05) is 5.75 Å². The number of amidine groups is 1. The molecule has 0 bridgehead atoms. The average Bonchev–Trinajstić information content (AvgIpc) is 2.81. The molecule has 1 aliphatic rings. The first-order chi connectivity index (χ1) is 8.12. The Labute approximate surface area is 104 Å². The SMILES string of the molecule is COc1ccc(S(=O)(=O)NC2=NCCS2)cc1. The average molecular weight is 272 g/mol. The molecule has 1 aliphatic heterocycles. The second-order valence-corrected chi connectivity index (χ2v) is 6.08. The Hall–Kier alpha value is -1.21. The third kappa shape index (κ3) is 2.92. The van der Waals surface area contributed by atoms with Gasteiger partial charge in [0.2, 0.25) is 0 Å². The van der Waals surface area contributed by atoms with Gasteiger partial charge >= 0.3 is 0 Å². The van der Waals surface area contributed by atoms with E-state index in [-0.39, 0.29) is 4.90 Å². The highest BCUT2D eigenvalue weighted by Crippen LogP contribution is 2.17. The smallest absolute Gasteiger partial charge is 0.263 e. The molecule has 0 aliphatic carbocycles. The molecule has 0 saturated carbocycles. The number of ether oxygens (including phenoxy) is 1. The summed E-state index contributed by atoms with van der Waals surface area (Å²) in [7, 11) is -1.99. The quantitative estimate of drug-likeness (QED) is 0.894. The summed E-state index contributed by atoms with van der Waals surface area (Å²) in [5.74, 6) is 1.44. The second-order valence-electron chi connectivity index (χ2n) is 3.32. The van der Waals surface area contributed by atoms with E-state index in [1.807, 2.05) is 0 Å². The van der Waals surface area contributed by atoms with Crippen molar-refractivity contribution in [3.8, 4) is 5.75 Å². The number of hydrogen-bond donors (Lipinski definition) is 1. The van der Waals surface area contributed by atoms with Crippen molar-refractivity contribution in [2.75, 3.05) is 19.4 Å². The van der Waals surface area contributed by atoms with Crippen molar-refractivity contribution in [1.29, 1.82) is 0 Å². The molecule has 0 unspecified atom stereocenters. The lowest BCUT2D eigenvalue weighted by Gasteiger charge is -2.07. The maximum absolute atomic E-state index is 11.9. The fourth-order valence-corrected chi connectivity index (χ4v) is 3.36. The van der Waals surface area contributed by atoms with Crippen LogP contribution in [0.15, 0.2) is 34.2 Å². The third-order valence-corrected chi connectivity index (χ3v) is 4.55. The molecule has 0 fully saturated rings. The third-order valence-electron chi connectivity index (χ3n) is 2.18. The molecule has 17 heavy (non-hydrogen) atoms. The molecule has 1 aromatic carbocycles.